The summed E-state index contributed by atoms with van der Waals surface area (Å²) in [5, 5.41) is 3.08. The van der Waals surface area contributed by atoms with Crippen LogP contribution < -0.4 is 0 Å². The van der Waals surface area contributed by atoms with Crippen LogP contribution in [0.5, 0.6) is 0 Å². The van der Waals surface area contributed by atoms with Crippen molar-refractivity contribution in [2.24, 2.45) is 0 Å². The van der Waals surface area contributed by atoms with Crippen molar-refractivity contribution in [2.45, 2.75) is 0 Å². The number of rotatable bonds is 0. The molecular weight excluding hydrogens is 291 g/mol. The highest BCUT2D eigenvalue weighted by Crippen LogP contribution is 2.41. The minimum absolute atomic E-state index is 0.00265. The molecule has 0 aliphatic heterocycles. The normalized spacial score (nSPS) is 12.6. The molecule has 0 fully saturated rings. The van der Waals surface area contributed by atoms with Gasteiger partial charge < -0.3 is 0 Å². The zero-order valence-corrected chi connectivity index (χ0v) is 11.8. The first-order valence-corrected chi connectivity index (χ1v) is 6.98. The topological polar surface area (TPSA) is 17.1 Å². The van der Waals surface area contributed by atoms with Crippen LogP contribution in [0.15, 0.2) is 48.5 Å². The Morgan fingerprint density at radius 3 is 2.40 bits per heavy atom. The number of ketones is 1. The van der Waals surface area contributed by atoms with Gasteiger partial charge in [0.25, 0.3) is 0 Å². The van der Waals surface area contributed by atoms with E-state index in [4.69, 9.17) is 23.2 Å². The van der Waals surface area contributed by atoms with Crippen LogP contribution in [0.2, 0.25) is 10.0 Å². The van der Waals surface area contributed by atoms with Gasteiger partial charge in [-0.25, -0.2) is 0 Å². The smallest absolute Gasteiger partial charge is 0.194 e. The number of halogens is 2. The molecule has 0 aromatic heterocycles. The molecule has 1 aliphatic rings. The molecule has 4 rings (SSSR count). The van der Waals surface area contributed by atoms with E-state index in [-0.39, 0.29) is 5.78 Å². The first kappa shape index (κ1) is 12.0. The Labute approximate surface area is 125 Å². The quantitative estimate of drug-likeness (QED) is 0.427. The van der Waals surface area contributed by atoms with Crippen molar-refractivity contribution in [3.8, 4) is 11.1 Å². The van der Waals surface area contributed by atoms with E-state index >= 15 is 0 Å². The number of benzene rings is 3. The van der Waals surface area contributed by atoms with Crippen LogP contribution in [0.1, 0.15) is 15.9 Å². The van der Waals surface area contributed by atoms with Crippen molar-refractivity contribution in [3.05, 3.63) is 69.7 Å². The first-order valence-electron chi connectivity index (χ1n) is 6.22. The zero-order chi connectivity index (χ0) is 13.9. The maximum Gasteiger partial charge on any atom is 0.194 e. The van der Waals surface area contributed by atoms with Gasteiger partial charge in [-0.3, -0.25) is 4.79 Å². The SMILES string of the molecule is O=C1c2cc(Cl)ccc2-c2cccc3c(Cl)ccc1c23. The second-order valence-electron chi connectivity index (χ2n) is 4.84. The number of hydrogen-bond donors (Lipinski definition) is 0. The van der Waals surface area contributed by atoms with Crippen LogP contribution in [0.4, 0.5) is 0 Å². The number of hydrogen-bond acceptors (Lipinski definition) is 1. The highest BCUT2D eigenvalue weighted by atomic mass is 35.5. The van der Waals surface area contributed by atoms with E-state index in [0.29, 0.717) is 21.2 Å². The molecule has 0 amide bonds. The average molecular weight is 299 g/mol. The Bertz CT molecular complexity index is 897. The molecule has 0 N–H and O–H groups in total. The van der Waals surface area contributed by atoms with Gasteiger partial charge in [0.15, 0.2) is 5.78 Å². The third-order valence-corrected chi connectivity index (χ3v) is 4.31. The van der Waals surface area contributed by atoms with Gasteiger partial charge >= 0.3 is 0 Å². The molecule has 0 heterocycles. The fourth-order valence-electron chi connectivity index (χ4n) is 2.87. The molecule has 3 aromatic rings. The fraction of sp³-hybridized carbons (Fsp3) is 0. The molecule has 1 nitrogen and oxygen atoms in total. The summed E-state index contributed by atoms with van der Waals surface area (Å²) in [5.41, 5.74) is 3.29. The van der Waals surface area contributed by atoms with Gasteiger partial charge in [-0.2, -0.15) is 0 Å². The third-order valence-electron chi connectivity index (χ3n) is 3.75. The minimum atomic E-state index is 0.00265. The largest absolute Gasteiger partial charge is 0.289 e. The monoisotopic (exact) mass is 298 g/mol. The highest BCUT2D eigenvalue weighted by molar-refractivity contribution is 6.38. The fourth-order valence-corrected chi connectivity index (χ4v) is 3.26. The molecule has 1 aliphatic carbocycles. The Morgan fingerprint density at radius 2 is 1.55 bits per heavy atom. The summed E-state index contributed by atoms with van der Waals surface area (Å²) in [6.07, 6.45) is 0. The van der Waals surface area contributed by atoms with Gasteiger partial charge in [0.05, 0.1) is 0 Å². The van der Waals surface area contributed by atoms with E-state index in [2.05, 4.69) is 0 Å². The van der Waals surface area contributed by atoms with E-state index in [1.807, 2.05) is 30.3 Å². The molecule has 0 bridgehead atoms. The van der Waals surface area contributed by atoms with Crippen molar-refractivity contribution < 1.29 is 4.79 Å². The molecule has 0 spiro atoms. The van der Waals surface area contributed by atoms with Crippen LogP contribution in [0.3, 0.4) is 0 Å². The molecule has 20 heavy (non-hydrogen) atoms. The minimum Gasteiger partial charge on any atom is -0.289 e. The van der Waals surface area contributed by atoms with Crippen molar-refractivity contribution in [1.29, 1.82) is 0 Å². The molecule has 0 atom stereocenters. The lowest BCUT2D eigenvalue weighted by Gasteiger charge is -2.20. The third kappa shape index (κ3) is 1.48. The number of fused-ring (bicyclic) bond motifs is 2. The van der Waals surface area contributed by atoms with Crippen LogP contribution in [-0.2, 0) is 0 Å². The second-order valence-corrected chi connectivity index (χ2v) is 5.69. The molecular formula is C17H8Cl2O. The summed E-state index contributed by atoms with van der Waals surface area (Å²) in [6.45, 7) is 0. The summed E-state index contributed by atoms with van der Waals surface area (Å²) < 4.78 is 0. The maximum atomic E-state index is 12.7. The van der Waals surface area contributed by atoms with E-state index in [0.717, 1.165) is 21.9 Å². The number of carbonyl (C=O) groups is 1. The second kappa shape index (κ2) is 4.08. The van der Waals surface area contributed by atoms with Gasteiger partial charge in [0.1, 0.15) is 0 Å². The van der Waals surface area contributed by atoms with Gasteiger partial charge in [-0.1, -0.05) is 47.5 Å². The Morgan fingerprint density at radius 1 is 0.750 bits per heavy atom. The summed E-state index contributed by atoms with van der Waals surface area (Å²) in [6, 6.07) is 14.9. The molecule has 3 heteroatoms. The molecule has 0 radical (unpaired) electrons. The van der Waals surface area contributed by atoms with Crippen LogP contribution in [0, 0.1) is 0 Å². The summed E-state index contributed by atoms with van der Waals surface area (Å²) in [4.78, 5) is 12.7. The highest BCUT2D eigenvalue weighted by Gasteiger charge is 2.25. The summed E-state index contributed by atoms with van der Waals surface area (Å²) in [5.74, 6) is 0.00265. The summed E-state index contributed by atoms with van der Waals surface area (Å²) >= 11 is 12.3. The molecule has 0 saturated carbocycles. The maximum absolute atomic E-state index is 12.7. The van der Waals surface area contributed by atoms with E-state index in [1.165, 1.54) is 0 Å². The van der Waals surface area contributed by atoms with Gasteiger partial charge in [0, 0.05) is 31.9 Å². The molecule has 0 unspecified atom stereocenters. The Hall–Kier alpha value is -1.83. The lowest BCUT2D eigenvalue weighted by atomic mass is 9.83. The van der Waals surface area contributed by atoms with Gasteiger partial charge in [-0.15, -0.1) is 0 Å². The molecule has 3 aromatic carbocycles. The Balaban J connectivity index is 2.24. The van der Waals surface area contributed by atoms with Gasteiger partial charge in [0.2, 0.25) is 0 Å². The van der Waals surface area contributed by atoms with Crippen LogP contribution in [-0.4, -0.2) is 5.78 Å². The Kier molecular flexibility index (Phi) is 2.44. The van der Waals surface area contributed by atoms with E-state index < -0.39 is 0 Å². The standard InChI is InChI=1S/C17H8Cl2O/c18-9-4-5-10-11-2-1-3-12-15(19)7-6-13(16(11)12)17(20)14(10)8-9/h1-8H. The van der Waals surface area contributed by atoms with Crippen molar-refractivity contribution in [3.63, 3.8) is 0 Å². The van der Waals surface area contributed by atoms with Crippen molar-refractivity contribution in [2.75, 3.05) is 0 Å². The van der Waals surface area contributed by atoms with E-state index in [1.54, 1.807) is 18.2 Å². The lowest BCUT2D eigenvalue weighted by Crippen LogP contribution is -2.09. The van der Waals surface area contributed by atoms with Crippen molar-refractivity contribution in [1.82, 2.24) is 0 Å². The number of carbonyl (C=O) groups excluding carboxylic acids is 1. The predicted octanol–water partition coefficient (Wildman–Crippen LogP) is 5.36. The summed E-state index contributed by atoms with van der Waals surface area (Å²) in [7, 11) is 0. The van der Waals surface area contributed by atoms with Gasteiger partial charge in [-0.05, 0) is 35.4 Å². The predicted molar refractivity (Wildman–Crippen MR) is 82.8 cm³/mol. The lowest BCUT2D eigenvalue weighted by molar-refractivity contribution is 0.104. The van der Waals surface area contributed by atoms with E-state index in [9.17, 15) is 4.79 Å². The average Bonchev–Trinajstić information content (AvgIpc) is 2.46. The zero-order valence-electron chi connectivity index (χ0n) is 10.3. The first-order chi connectivity index (χ1) is 9.66. The van der Waals surface area contributed by atoms with Crippen molar-refractivity contribution >= 4 is 39.8 Å². The molecule has 0 saturated heterocycles. The van der Waals surface area contributed by atoms with Crippen LogP contribution in [0.25, 0.3) is 21.9 Å². The van der Waals surface area contributed by atoms with Crippen LogP contribution >= 0.6 is 23.2 Å². The molecule has 96 valence electrons.